The highest BCUT2D eigenvalue weighted by molar-refractivity contribution is 6.31. The molecular weight excluding hydrogens is 364 g/mol. The zero-order valence-electron chi connectivity index (χ0n) is 12.8. The minimum absolute atomic E-state index is 0.0257. The summed E-state index contributed by atoms with van der Waals surface area (Å²) in [4.78, 5) is 12.1. The van der Waals surface area contributed by atoms with E-state index in [9.17, 15) is 22.4 Å². The number of rotatable bonds is 3. The Balaban J connectivity index is 1.69. The summed E-state index contributed by atoms with van der Waals surface area (Å²) < 4.78 is 53.2. The predicted octanol–water partition coefficient (Wildman–Crippen LogP) is 3.13. The van der Waals surface area contributed by atoms with E-state index in [0.29, 0.717) is 5.82 Å². The number of hydrogen-bond acceptors (Lipinski definition) is 3. The number of aromatic nitrogens is 3. The van der Waals surface area contributed by atoms with Gasteiger partial charge in [-0.2, -0.15) is 13.2 Å². The van der Waals surface area contributed by atoms with Crippen molar-refractivity contribution in [3.63, 3.8) is 0 Å². The minimum Gasteiger partial charge on any atom is -0.345 e. The maximum Gasteiger partial charge on any atom is 0.393 e. The smallest absolute Gasteiger partial charge is 0.345 e. The summed E-state index contributed by atoms with van der Waals surface area (Å²) in [6.07, 6.45) is -4.13. The van der Waals surface area contributed by atoms with Gasteiger partial charge in [0.25, 0.3) is 5.91 Å². The Labute approximate surface area is 145 Å². The van der Waals surface area contributed by atoms with E-state index in [4.69, 9.17) is 11.6 Å². The zero-order chi connectivity index (χ0) is 18.2. The number of amides is 1. The third-order valence-electron chi connectivity index (χ3n) is 4.08. The molecule has 0 spiro atoms. The first-order valence-corrected chi connectivity index (χ1v) is 7.84. The normalized spacial score (nSPS) is 17.2. The number of carbonyl (C=O) groups excluding carboxylic acids is 1. The Morgan fingerprint density at radius 3 is 2.80 bits per heavy atom. The Hall–Kier alpha value is -2.16. The first kappa shape index (κ1) is 17.7. The van der Waals surface area contributed by atoms with Crippen molar-refractivity contribution in [3.8, 4) is 0 Å². The van der Waals surface area contributed by atoms with Crippen LogP contribution in [0, 0.1) is 11.7 Å². The van der Waals surface area contributed by atoms with Crippen molar-refractivity contribution in [3.05, 3.63) is 46.3 Å². The van der Waals surface area contributed by atoms with Gasteiger partial charge in [0.15, 0.2) is 5.82 Å². The van der Waals surface area contributed by atoms with E-state index in [1.807, 2.05) is 0 Å². The van der Waals surface area contributed by atoms with E-state index in [1.165, 1.54) is 16.7 Å². The molecule has 1 aliphatic rings. The van der Waals surface area contributed by atoms with Crippen LogP contribution in [0.4, 0.5) is 17.6 Å². The van der Waals surface area contributed by atoms with Gasteiger partial charge in [0.05, 0.1) is 17.5 Å². The second kappa shape index (κ2) is 6.62. The van der Waals surface area contributed by atoms with Gasteiger partial charge < -0.3 is 9.88 Å². The zero-order valence-corrected chi connectivity index (χ0v) is 13.5. The highest BCUT2D eigenvalue weighted by Gasteiger charge is 2.42. The second-order valence-corrected chi connectivity index (χ2v) is 6.14. The second-order valence-electron chi connectivity index (χ2n) is 5.73. The van der Waals surface area contributed by atoms with E-state index in [-0.39, 0.29) is 42.3 Å². The van der Waals surface area contributed by atoms with Gasteiger partial charge in [-0.05, 0) is 24.6 Å². The van der Waals surface area contributed by atoms with E-state index >= 15 is 0 Å². The molecule has 0 fully saturated rings. The SMILES string of the molecule is O=C(NCc1nnc2n1C[C@@H](C(F)(F)F)CC2)c1ccc(F)c(Cl)c1. The lowest BCUT2D eigenvalue weighted by molar-refractivity contribution is -0.182. The molecular formula is C15H13ClF4N4O. The standard InChI is InChI=1S/C15H13ClF4N4O/c16-10-5-8(1-3-11(10)17)14(25)21-6-13-23-22-12-4-2-9(7-24(12)13)15(18,19)20/h1,3,5,9H,2,4,6-7H2,(H,21,25)/t9-/m0/s1. The summed E-state index contributed by atoms with van der Waals surface area (Å²) in [5, 5.41) is 10.1. The van der Waals surface area contributed by atoms with Crippen LogP contribution in [0.25, 0.3) is 0 Å². The molecule has 3 rings (SSSR count). The van der Waals surface area contributed by atoms with Gasteiger partial charge in [-0.25, -0.2) is 4.39 Å². The molecule has 1 amide bonds. The van der Waals surface area contributed by atoms with E-state index < -0.39 is 23.8 Å². The van der Waals surface area contributed by atoms with Gasteiger partial charge in [0.1, 0.15) is 11.6 Å². The van der Waals surface area contributed by atoms with Crippen molar-refractivity contribution in [1.82, 2.24) is 20.1 Å². The van der Waals surface area contributed by atoms with Gasteiger partial charge in [0.2, 0.25) is 0 Å². The van der Waals surface area contributed by atoms with E-state index in [1.54, 1.807) is 0 Å². The summed E-state index contributed by atoms with van der Waals surface area (Å²) in [7, 11) is 0. The van der Waals surface area contributed by atoms with Crippen LogP contribution < -0.4 is 5.32 Å². The molecule has 0 aliphatic carbocycles. The third-order valence-corrected chi connectivity index (χ3v) is 4.36. The van der Waals surface area contributed by atoms with Gasteiger partial charge in [-0.15, -0.1) is 10.2 Å². The monoisotopic (exact) mass is 376 g/mol. The fraction of sp³-hybridized carbons (Fsp3) is 0.400. The van der Waals surface area contributed by atoms with Crippen LogP contribution in [0.15, 0.2) is 18.2 Å². The molecule has 2 heterocycles. The Bertz CT molecular complexity index is 805. The van der Waals surface area contributed by atoms with Crippen LogP contribution in [-0.4, -0.2) is 26.8 Å². The molecule has 134 valence electrons. The molecule has 0 bridgehead atoms. The number of nitrogens with zero attached hydrogens (tertiary/aromatic N) is 3. The topological polar surface area (TPSA) is 59.8 Å². The molecule has 1 aromatic carbocycles. The summed E-state index contributed by atoms with van der Waals surface area (Å²) in [5.74, 6) is -1.94. The number of fused-ring (bicyclic) bond motifs is 1. The molecule has 10 heteroatoms. The molecule has 0 saturated carbocycles. The van der Waals surface area contributed by atoms with E-state index in [0.717, 1.165) is 6.07 Å². The van der Waals surface area contributed by atoms with Crippen LogP contribution in [0.3, 0.4) is 0 Å². The number of carbonyl (C=O) groups is 1. The van der Waals surface area contributed by atoms with Crippen LogP contribution in [0.5, 0.6) is 0 Å². The number of alkyl halides is 3. The molecule has 2 aromatic rings. The molecule has 1 N–H and O–H groups in total. The van der Waals surface area contributed by atoms with Crippen molar-refractivity contribution >= 4 is 17.5 Å². The number of hydrogen-bond donors (Lipinski definition) is 1. The van der Waals surface area contributed by atoms with Crippen molar-refractivity contribution in [2.45, 2.75) is 32.1 Å². The molecule has 5 nitrogen and oxygen atoms in total. The average molecular weight is 377 g/mol. The van der Waals surface area contributed by atoms with Crippen LogP contribution in [-0.2, 0) is 19.5 Å². The molecule has 1 atom stereocenters. The molecule has 1 aromatic heterocycles. The fourth-order valence-corrected chi connectivity index (χ4v) is 2.86. The fourth-order valence-electron chi connectivity index (χ4n) is 2.68. The first-order valence-electron chi connectivity index (χ1n) is 7.46. The molecule has 1 aliphatic heterocycles. The Kier molecular flexibility index (Phi) is 4.68. The predicted molar refractivity (Wildman–Crippen MR) is 80.5 cm³/mol. The van der Waals surface area contributed by atoms with Gasteiger partial charge in [-0.3, -0.25) is 4.79 Å². The van der Waals surface area contributed by atoms with Crippen LogP contribution in [0.1, 0.15) is 28.4 Å². The summed E-state index contributed by atoms with van der Waals surface area (Å²) in [6.45, 7) is -0.356. The third kappa shape index (κ3) is 3.76. The van der Waals surface area contributed by atoms with Gasteiger partial charge >= 0.3 is 6.18 Å². The lowest BCUT2D eigenvalue weighted by Gasteiger charge is -2.26. The summed E-state index contributed by atoms with van der Waals surface area (Å²) >= 11 is 5.62. The maximum atomic E-state index is 13.1. The number of nitrogens with one attached hydrogen (secondary N) is 1. The first-order chi connectivity index (χ1) is 11.8. The molecule has 0 radical (unpaired) electrons. The van der Waals surface area contributed by atoms with Gasteiger partial charge in [-0.1, -0.05) is 11.6 Å². The maximum absolute atomic E-state index is 13.1. The average Bonchev–Trinajstić information content (AvgIpc) is 2.96. The lowest BCUT2D eigenvalue weighted by Crippen LogP contribution is -2.34. The number of aryl methyl sites for hydroxylation is 1. The van der Waals surface area contributed by atoms with Gasteiger partial charge in [0, 0.05) is 18.5 Å². The van der Waals surface area contributed by atoms with Crippen LogP contribution >= 0.6 is 11.6 Å². The minimum atomic E-state index is -4.28. The van der Waals surface area contributed by atoms with Crippen LogP contribution in [0.2, 0.25) is 5.02 Å². The number of benzene rings is 1. The van der Waals surface area contributed by atoms with Crippen molar-refractivity contribution in [2.24, 2.45) is 5.92 Å². The highest BCUT2D eigenvalue weighted by atomic mass is 35.5. The highest BCUT2D eigenvalue weighted by Crippen LogP contribution is 2.34. The largest absolute Gasteiger partial charge is 0.393 e. The molecule has 0 saturated heterocycles. The summed E-state index contributed by atoms with van der Waals surface area (Å²) in [6, 6.07) is 3.49. The quantitative estimate of drug-likeness (QED) is 0.837. The van der Waals surface area contributed by atoms with Crippen molar-refractivity contribution in [1.29, 1.82) is 0 Å². The van der Waals surface area contributed by atoms with Crippen molar-refractivity contribution < 1.29 is 22.4 Å². The molecule has 25 heavy (non-hydrogen) atoms. The number of halogens is 5. The molecule has 0 unspecified atom stereocenters. The Morgan fingerprint density at radius 2 is 2.12 bits per heavy atom. The van der Waals surface area contributed by atoms with E-state index in [2.05, 4.69) is 15.5 Å². The Morgan fingerprint density at radius 1 is 1.36 bits per heavy atom. The summed E-state index contributed by atoms with van der Waals surface area (Å²) in [5.41, 5.74) is 0.137. The lowest BCUT2D eigenvalue weighted by atomic mass is 9.99. The van der Waals surface area contributed by atoms with Crippen molar-refractivity contribution in [2.75, 3.05) is 0 Å².